The molecule has 1 fully saturated rings. The number of methoxy groups -OCH3 is 1. The van der Waals surface area contributed by atoms with Gasteiger partial charge in [0.2, 0.25) is 5.91 Å². The highest BCUT2D eigenvalue weighted by Crippen LogP contribution is 2.29. The first-order valence-corrected chi connectivity index (χ1v) is 8.88. The summed E-state index contributed by atoms with van der Waals surface area (Å²) in [4.78, 5) is 42.3. The van der Waals surface area contributed by atoms with Crippen LogP contribution < -0.4 is 15.4 Å². The van der Waals surface area contributed by atoms with Gasteiger partial charge in [-0.2, -0.15) is 0 Å². The molecule has 0 radical (unpaired) electrons. The van der Waals surface area contributed by atoms with E-state index in [1.165, 1.54) is 0 Å². The second-order valence-corrected chi connectivity index (χ2v) is 6.64. The first-order valence-electron chi connectivity index (χ1n) is 8.88. The van der Waals surface area contributed by atoms with Crippen LogP contribution in [0.2, 0.25) is 0 Å². The lowest BCUT2D eigenvalue weighted by atomic mass is 9.92. The highest BCUT2D eigenvalue weighted by atomic mass is 16.5. The summed E-state index contributed by atoms with van der Waals surface area (Å²) in [6, 6.07) is 10.0. The number of carbonyl (C=O) groups excluding carboxylic acids is 3. The Morgan fingerprint density at radius 2 is 2.00 bits per heavy atom. The second-order valence-electron chi connectivity index (χ2n) is 6.64. The Morgan fingerprint density at radius 3 is 2.64 bits per heavy atom. The smallest absolute Gasteiger partial charge is 0.325 e. The van der Waals surface area contributed by atoms with E-state index in [1.807, 2.05) is 12.1 Å². The molecule has 0 saturated carbocycles. The monoisotopic (exact) mass is 382 g/mol. The third-order valence-corrected chi connectivity index (χ3v) is 4.70. The summed E-state index contributed by atoms with van der Waals surface area (Å²) >= 11 is 0. The number of nitrogens with zero attached hydrogens (tertiary/aromatic N) is 2. The van der Waals surface area contributed by atoms with Crippen molar-refractivity contribution in [3.8, 4) is 5.75 Å². The quantitative estimate of drug-likeness (QED) is 0.701. The Labute approximate surface area is 162 Å². The third-order valence-electron chi connectivity index (χ3n) is 4.70. The molecule has 1 saturated heterocycles. The number of nitrogens with one attached hydrogen (secondary N) is 2. The number of imide groups is 1. The van der Waals surface area contributed by atoms with Gasteiger partial charge >= 0.3 is 6.03 Å². The lowest BCUT2D eigenvalue weighted by Gasteiger charge is -2.22. The van der Waals surface area contributed by atoms with Crippen LogP contribution in [0, 0.1) is 0 Å². The normalized spacial score (nSPS) is 18.7. The topological polar surface area (TPSA) is 101 Å². The molecule has 0 bridgehead atoms. The second kappa shape index (κ2) is 8.08. The largest absolute Gasteiger partial charge is 0.497 e. The number of ether oxygens (including phenoxy) is 1. The van der Waals surface area contributed by atoms with Gasteiger partial charge in [0.25, 0.3) is 5.91 Å². The van der Waals surface area contributed by atoms with Gasteiger partial charge in [-0.1, -0.05) is 18.2 Å². The van der Waals surface area contributed by atoms with Crippen molar-refractivity contribution in [3.05, 3.63) is 59.9 Å². The maximum Gasteiger partial charge on any atom is 0.325 e. The average Bonchev–Trinajstić information content (AvgIpc) is 2.93. The molecular formula is C20H22N4O4. The number of hydrogen-bond donors (Lipinski definition) is 2. The fourth-order valence-corrected chi connectivity index (χ4v) is 3.05. The number of rotatable bonds is 7. The van der Waals surface area contributed by atoms with Crippen LogP contribution in [0.5, 0.6) is 5.75 Å². The number of aromatic nitrogens is 1. The van der Waals surface area contributed by atoms with Crippen LogP contribution in [-0.2, 0) is 21.5 Å². The van der Waals surface area contributed by atoms with E-state index >= 15 is 0 Å². The Hall–Kier alpha value is -3.42. The number of urea groups is 1. The van der Waals surface area contributed by atoms with Crippen LogP contribution >= 0.6 is 0 Å². The van der Waals surface area contributed by atoms with Crippen LogP contribution in [-0.4, -0.2) is 47.9 Å². The summed E-state index contributed by atoms with van der Waals surface area (Å²) < 4.78 is 5.12. The van der Waals surface area contributed by atoms with Gasteiger partial charge < -0.3 is 15.4 Å². The molecule has 4 amide bonds. The van der Waals surface area contributed by atoms with Crippen molar-refractivity contribution < 1.29 is 19.1 Å². The summed E-state index contributed by atoms with van der Waals surface area (Å²) in [5.74, 6) is -0.217. The van der Waals surface area contributed by atoms with Gasteiger partial charge in [0.1, 0.15) is 17.8 Å². The van der Waals surface area contributed by atoms with E-state index in [2.05, 4.69) is 15.6 Å². The fourth-order valence-electron chi connectivity index (χ4n) is 3.05. The Kier molecular flexibility index (Phi) is 5.58. The zero-order valence-corrected chi connectivity index (χ0v) is 15.8. The first-order chi connectivity index (χ1) is 13.4. The third kappa shape index (κ3) is 3.95. The summed E-state index contributed by atoms with van der Waals surface area (Å²) in [7, 11) is 1.55. The highest BCUT2D eigenvalue weighted by molar-refractivity contribution is 6.09. The van der Waals surface area contributed by atoms with Crippen LogP contribution in [0.4, 0.5) is 4.79 Å². The first kappa shape index (κ1) is 19.3. The molecule has 2 heterocycles. The van der Waals surface area contributed by atoms with Crippen LogP contribution in [0.3, 0.4) is 0 Å². The van der Waals surface area contributed by atoms with Crippen molar-refractivity contribution in [1.29, 1.82) is 0 Å². The number of amides is 4. The molecule has 8 heteroatoms. The maximum atomic E-state index is 12.8. The Balaban J connectivity index is 1.60. The van der Waals surface area contributed by atoms with Crippen molar-refractivity contribution in [1.82, 2.24) is 20.5 Å². The van der Waals surface area contributed by atoms with Crippen molar-refractivity contribution >= 4 is 17.8 Å². The molecule has 1 aliphatic heterocycles. The predicted molar refractivity (Wildman–Crippen MR) is 102 cm³/mol. The molecule has 1 aromatic heterocycles. The van der Waals surface area contributed by atoms with Crippen molar-refractivity contribution in [2.75, 3.05) is 20.2 Å². The summed E-state index contributed by atoms with van der Waals surface area (Å²) in [6.45, 7) is 1.68. The van der Waals surface area contributed by atoms with E-state index in [-0.39, 0.29) is 6.54 Å². The van der Waals surface area contributed by atoms with Gasteiger partial charge in [-0.3, -0.25) is 19.5 Å². The number of benzene rings is 1. The standard InChI is InChI=1S/C20H22N4O4/c1-20(15-5-7-16(28-2)8-6-15)18(26)24(19(27)23-20)13-17(25)22-11-9-14-4-3-10-21-12-14/h3-8,10,12H,9,11,13H2,1-2H3,(H,22,25)(H,23,27). The van der Waals surface area contributed by atoms with Crippen LogP contribution in [0.15, 0.2) is 48.8 Å². The van der Waals surface area contributed by atoms with Crippen molar-refractivity contribution in [2.24, 2.45) is 0 Å². The van der Waals surface area contributed by atoms with E-state index in [0.29, 0.717) is 24.3 Å². The van der Waals surface area contributed by atoms with Gasteiger partial charge in [0.15, 0.2) is 0 Å². The van der Waals surface area contributed by atoms with E-state index < -0.39 is 23.4 Å². The van der Waals surface area contributed by atoms with E-state index in [9.17, 15) is 14.4 Å². The lowest BCUT2D eigenvalue weighted by Crippen LogP contribution is -2.43. The molecule has 1 atom stereocenters. The Morgan fingerprint density at radius 1 is 1.25 bits per heavy atom. The SMILES string of the molecule is COc1ccc(C2(C)NC(=O)N(CC(=O)NCCc3cccnc3)C2=O)cc1. The maximum absolute atomic E-state index is 12.8. The minimum atomic E-state index is -1.22. The van der Waals surface area contributed by atoms with Gasteiger partial charge in [0.05, 0.1) is 7.11 Å². The molecular weight excluding hydrogens is 360 g/mol. The van der Waals surface area contributed by atoms with Crippen LogP contribution in [0.25, 0.3) is 0 Å². The average molecular weight is 382 g/mol. The molecule has 0 aliphatic carbocycles. The number of hydrogen-bond acceptors (Lipinski definition) is 5. The van der Waals surface area contributed by atoms with Gasteiger partial charge in [-0.25, -0.2) is 4.79 Å². The molecule has 1 aromatic carbocycles. The van der Waals surface area contributed by atoms with Gasteiger partial charge in [-0.15, -0.1) is 0 Å². The zero-order valence-electron chi connectivity index (χ0n) is 15.8. The summed E-state index contributed by atoms with van der Waals surface area (Å²) in [6.07, 6.45) is 4.02. The summed E-state index contributed by atoms with van der Waals surface area (Å²) in [5, 5.41) is 5.40. The fraction of sp³-hybridized carbons (Fsp3) is 0.300. The minimum absolute atomic E-state index is 0.330. The van der Waals surface area contributed by atoms with E-state index in [4.69, 9.17) is 4.74 Å². The summed E-state index contributed by atoms with van der Waals surface area (Å²) in [5.41, 5.74) is 0.385. The Bertz CT molecular complexity index is 870. The molecule has 2 aromatic rings. The van der Waals surface area contributed by atoms with Crippen molar-refractivity contribution in [2.45, 2.75) is 18.9 Å². The van der Waals surface area contributed by atoms with Crippen LogP contribution in [0.1, 0.15) is 18.1 Å². The number of carbonyl (C=O) groups is 3. The molecule has 146 valence electrons. The predicted octanol–water partition coefficient (Wildman–Crippen LogP) is 1.22. The van der Waals surface area contributed by atoms with Gasteiger partial charge in [-0.05, 0) is 42.7 Å². The molecule has 8 nitrogen and oxygen atoms in total. The molecule has 3 rings (SSSR count). The molecule has 0 spiro atoms. The minimum Gasteiger partial charge on any atom is -0.497 e. The molecule has 1 unspecified atom stereocenters. The van der Waals surface area contributed by atoms with E-state index in [0.717, 1.165) is 10.5 Å². The van der Waals surface area contributed by atoms with E-state index in [1.54, 1.807) is 50.7 Å². The molecule has 1 aliphatic rings. The van der Waals surface area contributed by atoms with Crippen molar-refractivity contribution in [3.63, 3.8) is 0 Å². The van der Waals surface area contributed by atoms with Gasteiger partial charge in [0, 0.05) is 18.9 Å². The highest BCUT2D eigenvalue weighted by Gasteiger charge is 2.49. The zero-order chi connectivity index (χ0) is 20.1. The molecule has 2 N–H and O–H groups in total. The molecule has 28 heavy (non-hydrogen) atoms. The number of pyridine rings is 1. The lowest BCUT2D eigenvalue weighted by molar-refractivity contribution is -0.134.